The fraction of sp³-hybridized carbons (Fsp3) is 0.467. The van der Waals surface area contributed by atoms with Crippen LogP contribution in [0.1, 0.15) is 29.6 Å². The molecule has 2 amide bonds. The van der Waals surface area contributed by atoms with Crippen molar-refractivity contribution >= 4 is 21.7 Å². The number of benzene rings is 1. The molecule has 0 saturated carbocycles. The third kappa shape index (κ3) is 5.14. The Morgan fingerprint density at radius 1 is 1.18 bits per heavy atom. The van der Waals surface area contributed by atoms with E-state index in [9.17, 15) is 18.0 Å². The average Bonchev–Trinajstić information content (AvgIpc) is 2.83. The molecule has 120 valence electrons. The zero-order valence-electron chi connectivity index (χ0n) is 12.2. The van der Waals surface area contributed by atoms with E-state index in [1.165, 1.54) is 0 Å². The highest BCUT2D eigenvalue weighted by Gasteiger charge is 2.28. The van der Waals surface area contributed by atoms with Gasteiger partial charge in [-0.1, -0.05) is 18.2 Å². The number of amides is 2. The SMILES string of the molecule is O=C(CCCNC(=O)c1ccccc1)NC1CCS(=O)(=O)C1. The Labute approximate surface area is 130 Å². The molecule has 1 aliphatic heterocycles. The van der Waals surface area contributed by atoms with Crippen molar-refractivity contribution in [3.63, 3.8) is 0 Å². The smallest absolute Gasteiger partial charge is 0.251 e. The molecule has 1 aromatic rings. The van der Waals surface area contributed by atoms with E-state index in [0.29, 0.717) is 24.9 Å². The van der Waals surface area contributed by atoms with Gasteiger partial charge in [0.25, 0.3) is 5.91 Å². The van der Waals surface area contributed by atoms with Crippen molar-refractivity contribution in [2.75, 3.05) is 18.1 Å². The highest BCUT2D eigenvalue weighted by atomic mass is 32.2. The fourth-order valence-corrected chi connectivity index (χ4v) is 4.02. The number of hydrogen-bond acceptors (Lipinski definition) is 4. The maximum Gasteiger partial charge on any atom is 0.251 e. The number of sulfone groups is 1. The quantitative estimate of drug-likeness (QED) is 0.745. The molecular formula is C15H20N2O4S. The molecule has 6 nitrogen and oxygen atoms in total. The number of rotatable bonds is 6. The normalized spacial score (nSPS) is 19.5. The van der Waals surface area contributed by atoms with Crippen LogP contribution in [-0.4, -0.2) is 44.3 Å². The van der Waals surface area contributed by atoms with Crippen molar-refractivity contribution < 1.29 is 18.0 Å². The summed E-state index contributed by atoms with van der Waals surface area (Å²) in [6.45, 7) is 0.407. The van der Waals surface area contributed by atoms with Gasteiger partial charge in [0.05, 0.1) is 11.5 Å². The topological polar surface area (TPSA) is 92.3 Å². The van der Waals surface area contributed by atoms with Gasteiger partial charge in [-0.2, -0.15) is 0 Å². The number of carbonyl (C=O) groups excluding carboxylic acids is 2. The first-order valence-corrected chi connectivity index (χ1v) is 9.11. The monoisotopic (exact) mass is 324 g/mol. The summed E-state index contributed by atoms with van der Waals surface area (Å²) in [6, 6.07) is 8.60. The summed E-state index contributed by atoms with van der Waals surface area (Å²) in [5.74, 6) is -0.159. The van der Waals surface area contributed by atoms with Crippen molar-refractivity contribution in [1.82, 2.24) is 10.6 Å². The molecule has 0 aromatic heterocycles. The van der Waals surface area contributed by atoms with E-state index in [0.717, 1.165) is 0 Å². The van der Waals surface area contributed by atoms with Crippen molar-refractivity contribution in [2.24, 2.45) is 0 Å². The first kappa shape index (κ1) is 16.5. The Balaban J connectivity index is 1.62. The largest absolute Gasteiger partial charge is 0.352 e. The Hall–Kier alpha value is -1.89. The number of carbonyl (C=O) groups is 2. The summed E-state index contributed by atoms with van der Waals surface area (Å²) in [6.07, 6.45) is 1.27. The second kappa shape index (κ2) is 7.40. The third-order valence-electron chi connectivity index (χ3n) is 3.50. The zero-order chi connectivity index (χ0) is 16.0. The molecule has 1 unspecified atom stereocenters. The molecule has 1 aliphatic rings. The van der Waals surface area contributed by atoms with Gasteiger partial charge in [0.15, 0.2) is 9.84 Å². The molecule has 1 heterocycles. The summed E-state index contributed by atoms with van der Waals surface area (Å²) < 4.78 is 22.6. The van der Waals surface area contributed by atoms with Crippen LogP contribution >= 0.6 is 0 Å². The second-order valence-electron chi connectivity index (χ2n) is 5.39. The summed E-state index contributed by atoms with van der Waals surface area (Å²) in [7, 11) is -2.98. The van der Waals surface area contributed by atoms with Gasteiger partial charge in [-0.25, -0.2) is 8.42 Å². The molecule has 0 aliphatic carbocycles. The second-order valence-corrected chi connectivity index (χ2v) is 7.62. The van der Waals surface area contributed by atoms with Gasteiger partial charge in [0.1, 0.15) is 0 Å². The first-order chi connectivity index (χ1) is 10.5. The lowest BCUT2D eigenvalue weighted by atomic mass is 10.2. The summed E-state index contributed by atoms with van der Waals surface area (Å²) >= 11 is 0. The van der Waals surface area contributed by atoms with Gasteiger partial charge in [0, 0.05) is 24.6 Å². The van der Waals surface area contributed by atoms with Crippen molar-refractivity contribution in [2.45, 2.75) is 25.3 Å². The molecular weight excluding hydrogens is 304 g/mol. The third-order valence-corrected chi connectivity index (χ3v) is 5.27. The van der Waals surface area contributed by atoms with E-state index >= 15 is 0 Å². The molecule has 1 saturated heterocycles. The highest BCUT2D eigenvalue weighted by molar-refractivity contribution is 7.91. The molecule has 0 bridgehead atoms. The molecule has 22 heavy (non-hydrogen) atoms. The van der Waals surface area contributed by atoms with Crippen molar-refractivity contribution in [3.8, 4) is 0 Å². The molecule has 1 fully saturated rings. The molecule has 0 radical (unpaired) electrons. The van der Waals surface area contributed by atoms with Crippen LogP contribution < -0.4 is 10.6 Å². The minimum Gasteiger partial charge on any atom is -0.352 e. The van der Waals surface area contributed by atoms with Gasteiger partial charge in [-0.3, -0.25) is 9.59 Å². The van der Waals surface area contributed by atoms with E-state index in [4.69, 9.17) is 0 Å². The summed E-state index contributed by atoms with van der Waals surface area (Å²) in [5, 5.41) is 5.47. The van der Waals surface area contributed by atoms with Gasteiger partial charge in [0.2, 0.25) is 5.91 Å². The lowest BCUT2D eigenvalue weighted by molar-refractivity contribution is -0.121. The van der Waals surface area contributed by atoms with Crippen molar-refractivity contribution in [1.29, 1.82) is 0 Å². The molecule has 2 rings (SSSR count). The summed E-state index contributed by atoms with van der Waals surface area (Å²) in [5.41, 5.74) is 0.586. The van der Waals surface area contributed by atoms with Crippen LogP contribution in [0.25, 0.3) is 0 Å². The van der Waals surface area contributed by atoms with Gasteiger partial charge in [-0.15, -0.1) is 0 Å². The van der Waals surface area contributed by atoms with E-state index in [1.54, 1.807) is 24.3 Å². The standard InChI is InChI=1S/C15H20N2O4S/c18-14(17-13-8-10-22(20,21)11-13)7-4-9-16-15(19)12-5-2-1-3-6-12/h1-3,5-6,13H,4,7-11H2,(H,16,19)(H,17,18). The van der Waals surface area contributed by atoms with Crippen LogP contribution in [0.3, 0.4) is 0 Å². The predicted molar refractivity (Wildman–Crippen MR) is 83.2 cm³/mol. The molecule has 1 aromatic carbocycles. The van der Waals surface area contributed by atoms with Crippen LogP contribution in [-0.2, 0) is 14.6 Å². The maximum atomic E-state index is 11.8. The van der Waals surface area contributed by atoms with Crippen LogP contribution in [0.2, 0.25) is 0 Å². The molecule has 1 atom stereocenters. The lowest BCUT2D eigenvalue weighted by Crippen LogP contribution is -2.36. The number of hydrogen-bond donors (Lipinski definition) is 2. The summed E-state index contributed by atoms with van der Waals surface area (Å²) in [4.78, 5) is 23.5. The Morgan fingerprint density at radius 2 is 1.91 bits per heavy atom. The number of nitrogens with one attached hydrogen (secondary N) is 2. The Morgan fingerprint density at radius 3 is 2.55 bits per heavy atom. The van der Waals surface area contributed by atoms with E-state index in [-0.39, 0.29) is 35.8 Å². The van der Waals surface area contributed by atoms with Gasteiger partial charge in [-0.05, 0) is 25.0 Å². The van der Waals surface area contributed by atoms with Crippen LogP contribution in [0, 0.1) is 0 Å². The molecule has 2 N–H and O–H groups in total. The van der Waals surface area contributed by atoms with E-state index in [1.807, 2.05) is 6.07 Å². The molecule has 0 spiro atoms. The Kier molecular flexibility index (Phi) is 5.54. The highest BCUT2D eigenvalue weighted by Crippen LogP contribution is 2.11. The van der Waals surface area contributed by atoms with Crippen LogP contribution in [0.4, 0.5) is 0 Å². The van der Waals surface area contributed by atoms with Gasteiger partial charge < -0.3 is 10.6 Å². The van der Waals surface area contributed by atoms with E-state index < -0.39 is 9.84 Å². The molecule has 7 heteroatoms. The zero-order valence-corrected chi connectivity index (χ0v) is 13.1. The lowest BCUT2D eigenvalue weighted by Gasteiger charge is -2.10. The minimum absolute atomic E-state index is 0.0312. The maximum absolute atomic E-state index is 11.8. The minimum atomic E-state index is -2.98. The van der Waals surface area contributed by atoms with Crippen LogP contribution in [0.15, 0.2) is 30.3 Å². The van der Waals surface area contributed by atoms with Crippen LogP contribution in [0.5, 0.6) is 0 Å². The van der Waals surface area contributed by atoms with E-state index in [2.05, 4.69) is 10.6 Å². The van der Waals surface area contributed by atoms with Crippen molar-refractivity contribution in [3.05, 3.63) is 35.9 Å². The first-order valence-electron chi connectivity index (χ1n) is 7.29. The fourth-order valence-electron chi connectivity index (χ4n) is 2.35. The van der Waals surface area contributed by atoms with Gasteiger partial charge >= 0.3 is 0 Å². The average molecular weight is 324 g/mol. The predicted octanol–water partition coefficient (Wildman–Crippen LogP) is 0.500. The Bertz CT molecular complexity index is 628.